The van der Waals surface area contributed by atoms with Gasteiger partial charge in [-0.1, -0.05) is 12.1 Å². The Hall–Kier alpha value is -2.15. The zero-order chi connectivity index (χ0) is 17.4. The molecule has 0 saturated carbocycles. The van der Waals surface area contributed by atoms with Crippen molar-refractivity contribution in [2.75, 3.05) is 13.7 Å². The average Bonchev–Trinajstić information content (AvgIpc) is 2.95. The quantitative estimate of drug-likeness (QED) is 0.755. The van der Waals surface area contributed by atoms with Crippen LogP contribution in [0.2, 0.25) is 0 Å². The van der Waals surface area contributed by atoms with Gasteiger partial charge in [0.1, 0.15) is 16.7 Å². The van der Waals surface area contributed by atoms with E-state index in [-0.39, 0.29) is 0 Å². The maximum Gasteiger partial charge on any atom is 0.122 e. The van der Waals surface area contributed by atoms with Crippen LogP contribution in [-0.4, -0.2) is 22.4 Å². The van der Waals surface area contributed by atoms with Crippen LogP contribution in [0, 0.1) is 0 Å². The molecule has 2 heterocycles. The van der Waals surface area contributed by atoms with Crippen molar-refractivity contribution >= 4 is 21.9 Å². The number of hydrogen-bond donors (Lipinski definition) is 2. The summed E-state index contributed by atoms with van der Waals surface area (Å²) in [6, 6.07) is 14.0. The van der Waals surface area contributed by atoms with Gasteiger partial charge in [-0.3, -0.25) is 0 Å². The molecule has 25 heavy (non-hydrogen) atoms. The fraction of sp³-hybridized carbons (Fsp3) is 0.263. The molecule has 4 rings (SSSR count). The van der Waals surface area contributed by atoms with Crippen LogP contribution < -0.4 is 15.2 Å². The highest BCUT2D eigenvalue weighted by atomic mass is 32.2. The Balaban J connectivity index is 1.79. The van der Waals surface area contributed by atoms with Crippen LogP contribution in [0.4, 0.5) is 0 Å². The van der Waals surface area contributed by atoms with E-state index in [1.807, 2.05) is 30.3 Å². The fourth-order valence-electron chi connectivity index (χ4n) is 3.58. The smallest absolute Gasteiger partial charge is 0.122 e. The van der Waals surface area contributed by atoms with E-state index >= 15 is 0 Å². The van der Waals surface area contributed by atoms with Crippen LogP contribution in [0.25, 0.3) is 10.9 Å². The van der Waals surface area contributed by atoms with Gasteiger partial charge in [0.15, 0.2) is 0 Å². The number of aromatic nitrogens is 1. The van der Waals surface area contributed by atoms with Crippen LogP contribution in [0.15, 0.2) is 47.4 Å². The summed E-state index contributed by atoms with van der Waals surface area (Å²) in [5.74, 6) is 0.882. The third kappa shape index (κ3) is 2.97. The maximum absolute atomic E-state index is 11.4. The first-order valence-corrected chi connectivity index (χ1v) is 9.52. The minimum absolute atomic E-state index is 0.650. The monoisotopic (exact) mass is 355 g/mol. The molecule has 5 nitrogen and oxygen atoms in total. The highest BCUT2D eigenvalue weighted by molar-refractivity contribution is 7.82. The molecule has 3 N–H and O–H groups in total. The molecule has 0 saturated heterocycles. The van der Waals surface area contributed by atoms with Gasteiger partial charge >= 0.3 is 0 Å². The van der Waals surface area contributed by atoms with Gasteiger partial charge in [-0.15, -0.1) is 0 Å². The Labute approximate surface area is 149 Å². The molecule has 0 amide bonds. The van der Waals surface area contributed by atoms with Gasteiger partial charge in [-0.25, -0.2) is 9.35 Å². The Bertz CT molecular complexity index is 947. The first-order chi connectivity index (χ1) is 12.2. The van der Waals surface area contributed by atoms with E-state index in [4.69, 9.17) is 9.88 Å². The number of rotatable bonds is 4. The summed E-state index contributed by atoms with van der Waals surface area (Å²) in [6.07, 6.45) is 1.01. The SMILES string of the molecule is COc1ccc2c(c1)c1c(n2Cc2ccc(S(N)=O)cc2)CCNC1. The van der Waals surface area contributed by atoms with Crippen molar-refractivity contribution in [3.8, 4) is 5.75 Å². The number of methoxy groups -OCH3 is 1. The number of nitrogens with two attached hydrogens (primary N) is 1. The topological polar surface area (TPSA) is 69.3 Å². The first-order valence-electron chi connectivity index (χ1n) is 8.31. The van der Waals surface area contributed by atoms with E-state index in [1.165, 1.54) is 27.7 Å². The Morgan fingerprint density at radius 2 is 2.04 bits per heavy atom. The molecule has 1 aromatic heterocycles. The van der Waals surface area contributed by atoms with E-state index in [2.05, 4.69) is 22.0 Å². The summed E-state index contributed by atoms with van der Waals surface area (Å²) in [5, 5.41) is 10.2. The first kappa shape index (κ1) is 16.3. The van der Waals surface area contributed by atoms with Gasteiger partial charge in [0, 0.05) is 42.7 Å². The van der Waals surface area contributed by atoms with Crippen LogP contribution in [-0.2, 0) is 30.5 Å². The van der Waals surface area contributed by atoms with E-state index < -0.39 is 11.0 Å². The minimum Gasteiger partial charge on any atom is -0.497 e. The number of fused-ring (bicyclic) bond motifs is 3. The van der Waals surface area contributed by atoms with Crippen molar-refractivity contribution in [3.05, 3.63) is 59.3 Å². The molecule has 1 aliphatic rings. The summed E-state index contributed by atoms with van der Waals surface area (Å²) in [5.41, 5.74) is 5.14. The largest absolute Gasteiger partial charge is 0.497 e. The van der Waals surface area contributed by atoms with E-state index in [0.29, 0.717) is 4.90 Å². The lowest BCUT2D eigenvalue weighted by Gasteiger charge is -2.17. The second-order valence-electron chi connectivity index (χ2n) is 6.26. The lowest BCUT2D eigenvalue weighted by atomic mass is 10.1. The molecule has 0 bridgehead atoms. The summed E-state index contributed by atoms with van der Waals surface area (Å²) < 4.78 is 19.2. The molecule has 2 aromatic carbocycles. The molecule has 1 unspecified atom stereocenters. The Morgan fingerprint density at radius 1 is 1.24 bits per heavy atom. The predicted octanol–water partition coefficient (Wildman–Crippen LogP) is 2.33. The van der Waals surface area contributed by atoms with Crippen molar-refractivity contribution in [2.45, 2.75) is 24.4 Å². The summed E-state index contributed by atoms with van der Waals surface area (Å²) in [4.78, 5) is 0.650. The molecule has 130 valence electrons. The molecule has 0 radical (unpaired) electrons. The molecule has 1 aliphatic heterocycles. The number of benzene rings is 2. The fourth-order valence-corrected chi connectivity index (χ4v) is 3.98. The van der Waals surface area contributed by atoms with Crippen LogP contribution >= 0.6 is 0 Å². The Morgan fingerprint density at radius 3 is 2.76 bits per heavy atom. The van der Waals surface area contributed by atoms with Crippen LogP contribution in [0.5, 0.6) is 5.75 Å². The molecular formula is C19H21N3O2S. The van der Waals surface area contributed by atoms with Gasteiger partial charge in [0.05, 0.1) is 12.0 Å². The molecule has 0 spiro atoms. The van der Waals surface area contributed by atoms with E-state index in [9.17, 15) is 4.21 Å². The number of ether oxygens (including phenoxy) is 1. The van der Waals surface area contributed by atoms with Gasteiger partial charge in [0.2, 0.25) is 0 Å². The van der Waals surface area contributed by atoms with Gasteiger partial charge in [-0.05, 0) is 41.5 Å². The lowest BCUT2D eigenvalue weighted by Crippen LogP contribution is -2.24. The number of hydrogen-bond acceptors (Lipinski definition) is 3. The zero-order valence-electron chi connectivity index (χ0n) is 14.1. The van der Waals surface area contributed by atoms with Crippen molar-refractivity contribution < 1.29 is 8.95 Å². The molecular weight excluding hydrogens is 334 g/mol. The summed E-state index contributed by atoms with van der Waals surface area (Å²) in [6.45, 7) is 2.66. The van der Waals surface area contributed by atoms with Gasteiger partial charge in [-0.2, -0.15) is 0 Å². The normalized spacial score (nSPS) is 15.1. The molecule has 0 fully saturated rings. The molecule has 6 heteroatoms. The number of nitrogens with one attached hydrogen (secondary N) is 1. The van der Waals surface area contributed by atoms with E-state index in [0.717, 1.165) is 31.8 Å². The third-order valence-corrected chi connectivity index (χ3v) is 5.57. The predicted molar refractivity (Wildman–Crippen MR) is 100 cm³/mol. The van der Waals surface area contributed by atoms with Crippen LogP contribution in [0.3, 0.4) is 0 Å². The van der Waals surface area contributed by atoms with Crippen molar-refractivity contribution in [1.29, 1.82) is 0 Å². The van der Waals surface area contributed by atoms with E-state index in [1.54, 1.807) is 7.11 Å². The highest BCUT2D eigenvalue weighted by Gasteiger charge is 2.20. The maximum atomic E-state index is 11.4. The summed E-state index contributed by atoms with van der Waals surface area (Å²) in [7, 11) is 0.267. The van der Waals surface area contributed by atoms with Crippen molar-refractivity contribution in [1.82, 2.24) is 9.88 Å². The van der Waals surface area contributed by atoms with Crippen LogP contribution in [0.1, 0.15) is 16.8 Å². The molecule has 0 aliphatic carbocycles. The minimum atomic E-state index is -1.43. The number of nitrogens with zero attached hydrogens (tertiary/aromatic N) is 1. The molecule has 3 aromatic rings. The van der Waals surface area contributed by atoms with Gasteiger partial charge in [0.25, 0.3) is 0 Å². The zero-order valence-corrected chi connectivity index (χ0v) is 14.9. The second-order valence-corrected chi connectivity index (χ2v) is 7.33. The third-order valence-electron chi connectivity index (χ3n) is 4.83. The Kier molecular flexibility index (Phi) is 4.33. The second kappa shape index (κ2) is 6.63. The summed E-state index contributed by atoms with van der Waals surface area (Å²) >= 11 is 0. The standard InChI is InChI=1S/C19H21N3O2S/c1-24-14-4-7-18-16(10-14)17-11-21-9-8-19(17)22(18)12-13-2-5-15(6-3-13)25(20)23/h2-7,10,21H,8-9,11-12,20H2,1H3. The van der Waals surface area contributed by atoms with Gasteiger partial charge < -0.3 is 14.6 Å². The average molecular weight is 355 g/mol. The van der Waals surface area contributed by atoms with Crippen molar-refractivity contribution in [2.24, 2.45) is 5.14 Å². The molecule has 1 atom stereocenters. The van der Waals surface area contributed by atoms with Crippen molar-refractivity contribution in [3.63, 3.8) is 0 Å². The lowest BCUT2D eigenvalue weighted by molar-refractivity contribution is 0.415. The highest BCUT2D eigenvalue weighted by Crippen LogP contribution is 2.32.